The number of fused-ring (bicyclic) bond motifs is 1. The summed E-state index contributed by atoms with van der Waals surface area (Å²) in [4.78, 5) is 17.0. The monoisotopic (exact) mass is 420 g/mol. The summed E-state index contributed by atoms with van der Waals surface area (Å²) in [5.74, 6) is -0.0914. The van der Waals surface area contributed by atoms with E-state index in [9.17, 15) is 4.79 Å². The Labute approximate surface area is 175 Å². The molecule has 0 fully saturated rings. The molecule has 148 valence electrons. The zero-order valence-electron chi connectivity index (χ0n) is 15.4. The second-order valence-corrected chi connectivity index (χ2v) is 6.35. The van der Waals surface area contributed by atoms with Gasteiger partial charge in [0.2, 0.25) is 0 Å². The van der Waals surface area contributed by atoms with Crippen LogP contribution in [0, 0.1) is 6.92 Å². The summed E-state index contributed by atoms with van der Waals surface area (Å²) in [6, 6.07) is 7.36. The van der Waals surface area contributed by atoms with Gasteiger partial charge < -0.3 is 10.6 Å². The van der Waals surface area contributed by atoms with Gasteiger partial charge in [-0.25, -0.2) is 0 Å². The zero-order valence-corrected chi connectivity index (χ0v) is 17.0. The lowest BCUT2D eigenvalue weighted by molar-refractivity contribution is 0.0950. The van der Waals surface area contributed by atoms with Gasteiger partial charge in [0.05, 0.1) is 0 Å². The number of carbonyl (C=O) groups is 1. The molecule has 1 aromatic carbocycles. The highest BCUT2D eigenvalue weighted by Gasteiger charge is 2.16. The number of aromatic nitrogens is 4. The molecule has 1 aliphatic heterocycles. The molecule has 0 unspecified atom stereocenters. The molecule has 7 nitrogen and oxygen atoms in total. The van der Waals surface area contributed by atoms with E-state index in [4.69, 9.17) is 0 Å². The van der Waals surface area contributed by atoms with Crippen molar-refractivity contribution in [2.75, 3.05) is 6.54 Å². The van der Waals surface area contributed by atoms with Crippen molar-refractivity contribution in [2.24, 2.45) is 0 Å². The SMILES string of the molecule is Cc1ncc2c(c1CNC(=O)c1ccc(-n3cnnc3)cc1)CCNC2.Cl.Cl. The Morgan fingerprint density at radius 3 is 2.61 bits per heavy atom. The third kappa shape index (κ3) is 4.49. The van der Waals surface area contributed by atoms with Crippen molar-refractivity contribution in [1.82, 2.24) is 30.4 Å². The van der Waals surface area contributed by atoms with Gasteiger partial charge in [-0.3, -0.25) is 14.3 Å². The van der Waals surface area contributed by atoms with Crippen LogP contribution in [0.25, 0.3) is 5.69 Å². The lowest BCUT2D eigenvalue weighted by atomic mass is 9.96. The Morgan fingerprint density at radius 2 is 1.89 bits per heavy atom. The van der Waals surface area contributed by atoms with Gasteiger partial charge in [-0.2, -0.15) is 0 Å². The zero-order chi connectivity index (χ0) is 17.9. The van der Waals surface area contributed by atoms with E-state index in [1.165, 1.54) is 11.1 Å². The number of hydrogen-bond acceptors (Lipinski definition) is 5. The Morgan fingerprint density at radius 1 is 1.18 bits per heavy atom. The number of hydrogen-bond donors (Lipinski definition) is 2. The van der Waals surface area contributed by atoms with Crippen molar-refractivity contribution < 1.29 is 4.79 Å². The van der Waals surface area contributed by atoms with E-state index in [1.54, 1.807) is 29.4 Å². The summed E-state index contributed by atoms with van der Waals surface area (Å²) in [7, 11) is 0. The van der Waals surface area contributed by atoms with Gasteiger partial charge >= 0.3 is 0 Å². The maximum absolute atomic E-state index is 12.5. The average molecular weight is 421 g/mol. The fraction of sp³-hybridized carbons (Fsp3) is 0.263. The van der Waals surface area contributed by atoms with Gasteiger partial charge in [-0.1, -0.05) is 0 Å². The van der Waals surface area contributed by atoms with E-state index in [-0.39, 0.29) is 30.7 Å². The van der Waals surface area contributed by atoms with Crippen LogP contribution in [0.2, 0.25) is 0 Å². The minimum absolute atomic E-state index is 0. The molecule has 1 aliphatic rings. The standard InChI is InChI=1S/C19H20N6O.2ClH/c1-13-18(17-6-7-20-8-15(17)9-21-13)10-22-19(26)14-2-4-16(5-3-14)25-11-23-24-12-25;;/h2-5,9,11-12,20H,6-8,10H2,1H3,(H,22,26);2*1H. The van der Waals surface area contributed by atoms with E-state index in [1.807, 2.05) is 25.3 Å². The van der Waals surface area contributed by atoms with E-state index in [0.717, 1.165) is 36.5 Å². The fourth-order valence-electron chi connectivity index (χ4n) is 3.27. The number of rotatable bonds is 4. The molecular formula is C19H22Cl2N6O. The van der Waals surface area contributed by atoms with Gasteiger partial charge in [0.1, 0.15) is 12.7 Å². The van der Waals surface area contributed by atoms with Crippen LogP contribution in [0.5, 0.6) is 0 Å². The first-order valence-corrected chi connectivity index (χ1v) is 8.62. The minimum atomic E-state index is -0.0914. The Bertz CT molecular complexity index is 928. The lowest BCUT2D eigenvalue weighted by Gasteiger charge is -2.21. The molecule has 0 aliphatic carbocycles. The second-order valence-electron chi connectivity index (χ2n) is 6.35. The number of halogens is 2. The number of benzene rings is 1. The Balaban J connectivity index is 0.00000140. The molecule has 0 saturated heterocycles. The molecule has 3 heterocycles. The molecule has 3 aromatic rings. The highest BCUT2D eigenvalue weighted by Crippen LogP contribution is 2.20. The van der Waals surface area contributed by atoms with E-state index < -0.39 is 0 Å². The van der Waals surface area contributed by atoms with Crippen molar-refractivity contribution >= 4 is 30.7 Å². The number of nitrogens with one attached hydrogen (secondary N) is 2. The van der Waals surface area contributed by atoms with Crippen LogP contribution in [-0.4, -0.2) is 32.2 Å². The van der Waals surface area contributed by atoms with Crippen molar-refractivity contribution in [3.63, 3.8) is 0 Å². The number of carbonyl (C=O) groups excluding carboxylic acids is 1. The van der Waals surface area contributed by atoms with E-state index >= 15 is 0 Å². The Kier molecular flexibility index (Phi) is 7.51. The lowest BCUT2D eigenvalue weighted by Crippen LogP contribution is -2.28. The van der Waals surface area contributed by atoms with Crippen LogP contribution in [0.1, 0.15) is 32.7 Å². The fourth-order valence-corrected chi connectivity index (χ4v) is 3.27. The Hall–Kier alpha value is -2.48. The quantitative estimate of drug-likeness (QED) is 0.676. The first-order valence-electron chi connectivity index (χ1n) is 8.62. The molecule has 2 N–H and O–H groups in total. The maximum Gasteiger partial charge on any atom is 0.251 e. The predicted molar refractivity (Wildman–Crippen MR) is 111 cm³/mol. The highest BCUT2D eigenvalue weighted by atomic mass is 35.5. The summed E-state index contributed by atoms with van der Waals surface area (Å²) in [5, 5.41) is 14.0. The first-order chi connectivity index (χ1) is 12.7. The predicted octanol–water partition coefficient (Wildman–Crippen LogP) is 2.39. The van der Waals surface area contributed by atoms with Crippen LogP contribution in [0.3, 0.4) is 0 Å². The van der Waals surface area contributed by atoms with Gasteiger partial charge in [0.15, 0.2) is 0 Å². The van der Waals surface area contributed by atoms with Gasteiger partial charge in [0, 0.05) is 36.2 Å². The van der Waals surface area contributed by atoms with Crippen molar-refractivity contribution in [2.45, 2.75) is 26.4 Å². The number of nitrogens with zero attached hydrogens (tertiary/aromatic N) is 4. The molecule has 0 atom stereocenters. The van der Waals surface area contributed by atoms with Gasteiger partial charge in [-0.15, -0.1) is 35.0 Å². The van der Waals surface area contributed by atoms with Crippen molar-refractivity contribution in [3.05, 3.63) is 71.1 Å². The van der Waals surface area contributed by atoms with E-state index in [0.29, 0.717) is 12.1 Å². The van der Waals surface area contributed by atoms with Crippen LogP contribution < -0.4 is 10.6 Å². The normalized spacial score (nSPS) is 12.3. The highest BCUT2D eigenvalue weighted by molar-refractivity contribution is 5.94. The molecule has 9 heteroatoms. The maximum atomic E-state index is 12.5. The number of aryl methyl sites for hydroxylation is 1. The third-order valence-electron chi connectivity index (χ3n) is 4.74. The molecule has 0 radical (unpaired) electrons. The van der Waals surface area contributed by atoms with Crippen molar-refractivity contribution in [1.29, 1.82) is 0 Å². The molecule has 2 aromatic heterocycles. The van der Waals surface area contributed by atoms with E-state index in [2.05, 4.69) is 25.8 Å². The topological polar surface area (TPSA) is 84.7 Å². The number of pyridine rings is 1. The molecule has 0 bridgehead atoms. The summed E-state index contributed by atoms with van der Waals surface area (Å²) in [5.41, 5.74) is 6.20. The summed E-state index contributed by atoms with van der Waals surface area (Å²) >= 11 is 0. The third-order valence-corrected chi connectivity index (χ3v) is 4.74. The van der Waals surface area contributed by atoms with Crippen LogP contribution in [-0.2, 0) is 19.5 Å². The van der Waals surface area contributed by atoms with Crippen LogP contribution >= 0.6 is 24.8 Å². The van der Waals surface area contributed by atoms with Gasteiger partial charge in [-0.05, 0) is 60.8 Å². The smallest absolute Gasteiger partial charge is 0.251 e. The molecule has 1 amide bonds. The second kappa shape index (κ2) is 9.64. The largest absolute Gasteiger partial charge is 0.348 e. The van der Waals surface area contributed by atoms with Crippen LogP contribution in [0.4, 0.5) is 0 Å². The summed E-state index contributed by atoms with van der Waals surface area (Å²) < 4.78 is 1.79. The summed E-state index contributed by atoms with van der Waals surface area (Å²) in [6.07, 6.45) is 6.15. The van der Waals surface area contributed by atoms with Gasteiger partial charge in [0.25, 0.3) is 5.91 Å². The molecule has 0 saturated carbocycles. The minimum Gasteiger partial charge on any atom is -0.348 e. The molecule has 0 spiro atoms. The first kappa shape index (κ1) is 21.8. The molecule has 4 rings (SSSR count). The van der Waals surface area contributed by atoms with Crippen LogP contribution in [0.15, 0.2) is 43.1 Å². The molecule has 28 heavy (non-hydrogen) atoms. The van der Waals surface area contributed by atoms with Crippen molar-refractivity contribution in [3.8, 4) is 5.69 Å². The molecular weight excluding hydrogens is 399 g/mol. The average Bonchev–Trinajstić information content (AvgIpc) is 3.22. The summed E-state index contributed by atoms with van der Waals surface area (Å²) in [6.45, 7) is 4.29. The number of amides is 1.